The minimum Gasteiger partial charge on any atom is -0.494 e. The highest BCUT2D eigenvalue weighted by Gasteiger charge is 2.40. The zero-order valence-electron chi connectivity index (χ0n) is 23.9. The fourth-order valence-electron chi connectivity index (χ4n) is 5.27. The fourth-order valence-corrected chi connectivity index (χ4v) is 5.27. The molecule has 4 heterocycles. The molecule has 0 radical (unpaired) electrons. The van der Waals surface area contributed by atoms with Crippen LogP contribution < -0.4 is 25.2 Å². The van der Waals surface area contributed by atoms with Crippen LogP contribution in [-0.2, 0) is 4.79 Å². The van der Waals surface area contributed by atoms with Gasteiger partial charge in [-0.05, 0) is 50.4 Å². The van der Waals surface area contributed by atoms with Crippen LogP contribution in [-0.4, -0.2) is 91.0 Å². The molecule has 1 fully saturated rings. The lowest BCUT2D eigenvalue weighted by molar-refractivity contribution is -0.111. The van der Waals surface area contributed by atoms with Crippen molar-refractivity contribution in [3.63, 3.8) is 0 Å². The van der Waals surface area contributed by atoms with Gasteiger partial charge in [-0.2, -0.15) is 4.98 Å². The average Bonchev–Trinajstić information content (AvgIpc) is 3.48. The molecule has 216 valence electrons. The second kappa shape index (κ2) is 11.5. The van der Waals surface area contributed by atoms with E-state index in [4.69, 9.17) is 9.72 Å². The van der Waals surface area contributed by atoms with Crippen molar-refractivity contribution < 1.29 is 14.3 Å². The molecule has 2 aromatic carbocycles. The van der Waals surface area contributed by atoms with E-state index in [1.807, 2.05) is 35.2 Å². The first-order valence-corrected chi connectivity index (χ1v) is 13.9. The smallest absolute Gasteiger partial charge is 0.266 e. The Morgan fingerprint density at radius 3 is 2.67 bits per heavy atom. The second-order valence-electron chi connectivity index (χ2n) is 10.2. The van der Waals surface area contributed by atoms with Crippen molar-refractivity contribution in [2.45, 2.75) is 6.92 Å². The van der Waals surface area contributed by atoms with Gasteiger partial charge in [0.05, 0.1) is 25.0 Å². The Labute approximate surface area is 244 Å². The van der Waals surface area contributed by atoms with E-state index in [1.54, 1.807) is 31.1 Å². The Bertz CT molecular complexity index is 1580. The lowest BCUT2D eigenvalue weighted by Crippen LogP contribution is -2.48. The molecule has 2 N–H and O–H groups in total. The number of methoxy groups -OCH3 is 1. The summed E-state index contributed by atoms with van der Waals surface area (Å²) in [7, 11) is 3.77. The molecule has 12 nitrogen and oxygen atoms in total. The van der Waals surface area contributed by atoms with Crippen LogP contribution in [0, 0.1) is 0 Å². The number of hydrogen-bond donors (Lipinski definition) is 2. The minimum atomic E-state index is -0.231. The van der Waals surface area contributed by atoms with Crippen molar-refractivity contribution in [1.82, 2.24) is 19.8 Å². The molecule has 0 bridgehead atoms. The van der Waals surface area contributed by atoms with Gasteiger partial charge >= 0.3 is 0 Å². The van der Waals surface area contributed by atoms with Crippen LogP contribution in [0.3, 0.4) is 0 Å². The van der Waals surface area contributed by atoms with Gasteiger partial charge in [0.1, 0.15) is 11.3 Å². The van der Waals surface area contributed by atoms with Gasteiger partial charge in [-0.25, -0.2) is 4.98 Å². The van der Waals surface area contributed by atoms with Crippen molar-refractivity contribution in [3.05, 3.63) is 66.4 Å². The number of aromatic nitrogens is 2. The number of likely N-dealkylation sites (N-methyl/N-ethyl adjacent to an activating group) is 1. The number of nitrogens with zero attached hydrogens (tertiary/aromatic N) is 7. The van der Waals surface area contributed by atoms with Gasteiger partial charge in [0, 0.05) is 56.4 Å². The number of amides is 2. The molecule has 12 heteroatoms. The molecule has 0 spiro atoms. The molecule has 3 aliphatic heterocycles. The molecular formula is C30H33N9O3. The number of piperazine rings is 1. The molecule has 42 heavy (non-hydrogen) atoms. The summed E-state index contributed by atoms with van der Waals surface area (Å²) >= 11 is 0. The Morgan fingerprint density at radius 2 is 1.88 bits per heavy atom. The van der Waals surface area contributed by atoms with Gasteiger partial charge in [0.2, 0.25) is 17.8 Å². The maximum atomic E-state index is 13.4. The van der Waals surface area contributed by atoms with E-state index in [2.05, 4.69) is 43.5 Å². The number of allylic oxidation sites excluding steroid dienone is 1. The van der Waals surface area contributed by atoms with Gasteiger partial charge in [0.25, 0.3) is 5.91 Å². The second-order valence-corrected chi connectivity index (χ2v) is 10.2. The van der Waals surface area contributed by atoms with E-state index in [-0.39, 0.29) is 11.8 Å². The summed E-state index contributed by atoms with van der Waals surface area (Å²) in [5.41, 5.74) is 3.47. The molecule has 0 atom stereocenters. The zero-order valence-corrected chi connectivity index (χ0v) is 23.9. The maximum Gasteiger partial charge on any atom is 0.266 e. The number of guanidine groups is 1. The van der Waals surface area contributed by atoms with Crippen LogP contribution in [0.15, 0.2) is 65.8 Å². The van der Waals surface area contributed by atoms with Crippen LogP contribution in [0.5, 0.6) is 5.75 Å². The van der Waals surface area contributed by atoms with Gasteiger partial charge in [-0.15, -0.1) is 0 Å². The highest BCUT2D eigenvalue weighted by molar-refractivity contribution is 6.21. The standard InChI is InChI=1S/C30H33N9O3/c1-4-6-26(40)33-20-7-5-8-22(17-20)39-27-23(28(41)38-12-11-31-30(38)39)19-32-29(35-27)34-24-10-9-21(18-25(24)42-3)37-15-13-36(2)14-16-37/h4-10,17-19H,11-16H2,1-3H3,(H,33,40)(H,32,34,35)/b6-4+. The summed E-state index contributed by atoms with van der Waals surface area (Å²) in [5, 5.41) is 6.14. The summed E-state index contributed by atoms with van der Waals surface area (Å²) in [6.45, 7) is 6.66. The van der Waals surface area contributed by atoms with E-state index in [0.717, 1.165) is 31.9 Å². The van der Waals surface area contributed by atoms with E-state index < -0.39 is 0 Å². The summed E-state index contributed by atoms with van der Waals surface area (Å²) in [6, 6.07) is 13.4. The number of ether oxygens (including phenoxy) is 1. The summed E-state index contributed by atoms with van der Waals surface area (Å²) in [5.74, 6) is 1.43. The predicted molar refractivity (Wildman–Crippen MR) is 163 cm³/mol. The van der Waals surface area contributed by atoms with Gasteiger partial charge in [0.15, 0.2) is 5.82 Å². The van der Waals surface area contributed by atoms with Crippen LogP contribution >= 0.6 is 0 Å². The summed E-state index contributed by atoms with van der Waals surface area (Å²) in [6.07, 6.45) is 4.68. The van der Waals surface area contributed by atoms with Gasteiger partial charge in [-0.1, -0.05) is 12.1 Å². The normalized spacial score (nSPS) is 16.8. The molecule has 0 aliphatic carbocycles. The van der Waals surface area contributed by atoms with Crippen molar-refractivity contribution >= 4 is 52.3 Å². The molecular weight excluding hydrogens is 534 g/mol. The Kier molecular flexibility index (Phi) is 7.44. The first kappa shape index (κ1) is 27.2. The number of nitrogens with one attached hydrogen (secondary N) is 2. The molecule has 0 saturated carbocycles. The molecule has 3 aliphatic rings. The Hall–Kier alpha value is -4.97. The number of rotatable bonds is 7. The number of carbonyl (C=O) groups is 2. The SMILES string of the molecule is C/C=C/C(=O)Nc1cccc(N2C3=NCCN3C(=O)c3cnc(Nc4ccc(N5CCN(C)CC5)cc4OC)nc32)c1. The lowest BCUT2D eigenvalue weighted by atomic mass is 10.1. The maximum absolute atomic E-state index is 13.4. The van der Waals surface area contributed by atoms with Crippen LogP contribution in [0.2, 0.25) is 0 Å². The highest BCUT2D eigenvalue weighted by atomic mass is 16.5. The predicted octanol–water partition coefficient (Wildman–Crippen LogP) is 3.46. The number of hydrogen-bond acceptors (Lipinski definition) is 10. The average molecular weight is 568 g/mol. The first-order chi connectivity index (χ1) is 20.4. The van der Waals surface area contributed by atoms with E-state index in [0.29, 0.717) is 59.2 Å². The molecule has 1 aromatic heterocycles. The fraction of sp³-hybridized carbons (Fsp3) is 0.300. The van der Waals surface area contributed by atoms with E-state index in [9.17, 15) is 9.59 Å². The third-order valence-corrected chi connectivity index (χ3v) is 7.46. The Morgan fingerprint density at radius 1 is 1.05 bits per heavy atom. The summed E-state index contributed by atoms with van der Waals surface area (Å²) in [4.78, 5) is 47.6. The van der Waals surface area contributed by atoms with Crippen molar-refractivity contribution in [3.8, 4) is 5.75 Å². The third-order valence-electron chi connectivity index (χ3n) is 7.46. The monoisotopic (exact) mass is 567 g/mol. The van der Waals surface area contributed by atoms with E-state index >= 15 is 0 Å². The van der Waals surface area contributed by atoms with Crippen LogP contribution in [0.25, 0.3) is 0 Å². The molecule has 6 rings (SSSR count). The highest BCUT2D eigenvalue weighted by Crippen LogP contribution is 2.37. The van der Waals surface area contributed by atoms with Crippen molar-refractivity contribution in [2.24, 2.45) is 4.99 Å². The van der Waals surface area contributed by atoms with Crippen molar-refractivity contribution in [2.75, 3.05) is 73.9 Å². The number of anilines is 6. The first-order valence-electron chi connectivity index (χ1n) is 13.9. The zero-order chi connectivity index (χ0) is 29.2. The topological polar surface area (TPSA) is 119 Å². The molecule has 1 saturated heterocycles. The number of benzene rings is 2. The van der Waals surface area contributed by atoms with Crippen LogP contribution in [0.4, 0.5) is 34.5 Å². The Balaban J connectivity index is 1.33. The molecule has 3 aromatic rings. The molecule has 0 unspecified atom stereocenters. The van der Waals surface area contributed by atoms with Gasteiger partial charge < -0.3 is 25.2 Å². The molecule has 2 amide bonds. The van der Waals surface area contributed by atoms with Crippen LogP contribution in [0.1, 0.15) is 17.3 Å². The largest absolute Gasteiger partial charge is 0.494 e. The van der Waals surface area contributed by atoms with Crippen molar-refractivity contribution in [1.29, 1.82) is 0 Å². The third kappa shape index (κ3) is 5.23. The number of aliphatic imine (C=N–C) groups is 1. The number of carbonyl (C=O) groups excluding carboxylic acids is 2. The van der Waals surface area contributed by atoms with Gasteiger partial charge in [-0.3, -0.25) is 24.4 Å². The summed E-state index contributed by atoms with van der Waals surface area (Å²) < 4.78 is 5.72. The minimum absolute atomic E-state index is 0.198. The quantitative estimate of drug-likeness (QED) is 0.414. The van der Waals surface area contributed by atoms with E-state index in [1.165, 1.54) is 12.3 Å². The lowest BCUT2D eigenvalue weighted by Gasteiger charge is -2.35. The number of fused-ring (bicyclic) bond motifs is 2.